The van der Waals surface area contributed by atoms with E-state index in [1.54, 1.807) is 10.8 Å². The van der Waals surface area contributed by atoms with E-state index in [9.17, 15) is 0 Å². The van der Waals surface area contributed by atoms with Gasteiger partial charge in [-0.25, -0.2) is 0 Å². The van der Waals surface area contributed by atoms with Crippen LogP contribution in [0.2, 0.25) is 5.54 Å². The third-order valence-electron chi connectivity index (χ3n) is 9.09. The highest BCUT2D eigenvalue weighted by Crippen LogP contribution is 2.51. The van der Waals surface area contributed by atoms with Gasteiger partial charge in [0.15, 0.2) is 8.07 Å². The van der Waals surface area contributed by atoms with Gasteiger partial charge in [0.25, 0.3) is 0 Å². The second-order valence-electron chi connectivity index (χ2n) is 11.2. The fourth-order valence-electron chi connectivity index (χ4n) is 7.49. The van der Waals surface area contributed by atoms with Gasteiger partial charge in [0.05, 0.1) is 18.0 Å². The molecule has 2 aromatic carbocycles. The molecule has 2 heterocycles. The highest BCUT2D eigenvalue weighted by atomic mass is 28.3. The summed E-state index contributed by atoms with van der Waals surface area (Å²) in [6.07, 6.45) is 27.2. The van der Waals surface area contributed by atoms with E-state index in [2.05, 4.69) is 139 Å². The van der Waals surface area contributed by atoms with Gasteiger partial charge in [-0.2, -0.15) is 0 Å². The van der Waals surface area contributed by atoms with E-state index in [1.165, 1.54) is 16.6 Å². The Balaban J connectivity index is 1.37. The minimum absolute atomic E-state index is 0.296. The van der Waals surface area contributed by atoms with Crippen LogP contribution < -0.4 is 10.1 Å². The number of rotatable bonds is 5. The standard InChI is InChI=1S/C34H35N3Si/c1-36-24-34(35-25-36)38(27-15-7-3-8-16-27,28-17-9-4-10-18-28)29-21-22-33-31(23-29)30-19-11-12-20-32(30)37(33)26-13-5-2-6-14-26/h2-3,5-9,11-22,25,29-30,32,34H,4,10,23-24H2,1H3. The van der Waals surface area contributed by atoms with Crippen LogP contribution in [0.3, 0.4) is 0 Å². The van der Waals surface area contributed by atoms with E-state index < -0.39 is 8.07 Å². The van der Waals surface area contributed by atoms with Gasteiger partial charge in [-0.3, -0.25) is 4.99 Å². The summed E-state index contributed by atoms with van der Waals surface area (Å²) < 4.78 is 0. The monoisotopic (exact) mass is 513 g/mol. The third kappa shape index (κ3) is 3.65. The Labute approximate surface area is 227 Å². The maximum atomic E-state index is 5.25. The molecular weight excluding hydrogens is 478 g/mol. The molecular formula is C34H35N3Si. The molecule has 0 radical (unpaired) electrons. The van der Waals surface area contributed by atoms with Crippen LogP contribution >= 0.6 is 0 Å². The fourth-order valence-corrected chi connectivity index (χ4v) is 13.4. The Morgan fingerprint density at radius 1 is 0.868 bits per heavy atom. The van der Waals surface area contributed by atoms with Gasteiger partial charge in [0, 0.05) is 30.9 Å². The molecule has 0 fully saturated rings. The van der Waals surface area contributed by atoms with Crippen molar-refractivity contribution in [1.82, 2.24) is 4.90 Å². The van der Waals surface area contributed by atoms with Crippen molar-refractivity contribution in [2.45, 2.75) is 36.5 Å². The number of allylic oxidation sites excluding steroid dienone is 8. The first-order chi connectivity index (χ1) is 18.8. The van der Waals surface area contributed by atoms with E-state index in [4.69, 9.17) is 4.99 Å². The van der Waals surface area contributed by atoms with E-state index in [1.807, 2.05) is 0 Å². The van der Waals surface area contributed by atoms with Gasteiger partial charge in [-0.15, -0.1) is 0 Å². The largest absolute Gasteiger partial charge is 0.364 e. The maximum absolute atomic E-state index is 5.25. The number of likely N-dealkylation sites (N-methyl/N-ethyl adjacent to an activating group) is 1. The zero-order valence-electron chi connectivity index (χ0n) is 22.0. The molecule has 3 aliphatic carbocycles. The normalized spacial score (nSPS) is 28.9. The first-order valence-electron chi connectivity index (χ1n) is 14.0. The van der Waals surface area contributed by atoms with Crippen molar-refractivity contribution in [1.29, 1.82) is 0 Å². The average Bonchev–Trinajstić information content (AvgIpc) is 3.56. The highest BCUT2D eigenvalue weighted by Gasteiger charge is 2.54. The third-order valence-corrected chi connectivity index (χ3v) is 14.7. The number of nitrogens with zero attached hydrogens (tertiary/aromatic N) is 3. The second kappa shape index (κ2) is 9.59. The predicted octanol–water partition coefficient (Wildman–Crippen LogP) is 6.25. The zero-order valence-corrected chi connectivity index (χ0v) is 23.0. The van der Waals surface area contributed by atoms with Crippen molar-refractivity contribution in [2.24, 2.45) is 10.9 Å². The van der Waals surface area contributed by atoms with E-state index in [0.717, 1.165) is 25.8 Å². The highest BCUT2D eigenvalue weighted by molar-refractivity contribution is 7.01. The molecule has 0 amide bonds. The van der Waals surface area contributed by atoms with Crippen LogP contribution in [-0.4, -0.2) is 44.6 Å². The van der Waals surface area contributed by atoms with Crippen LogP contribution in [0, 0.1) is 5.92 Å². The molecule has 2 aromatic rings. The Morgan fingerprint density at radius 3 is 2.39 bits per heavy atom. The fraction of sp³-hybridized carbons (Fsp3) is 0.265. The quantitative estimate of drug-likeness (QED) is 0.440. The number of hydrogen-bond acceptors (Lipinski definition) is 3. The lowest BCUT2D eigenvalue weighted by molar-refractivity contribution is 0.546. The summed E-state index contributed by atoms with van der Waals surface area (Å²) in [4.78, 5) is 10.1. The number of benzene rings is 2. The Kier molecular flexibility index (Phi) is 5.93. The molecule has 190 valence electrons. The second-order valence-corrected chi connectivity index (χ2v) is 15.5. The number of aliphatic imine (C=N–C) groups is 1. The molecule has 2 aliphatic heterocycles. The van der Waals surface area contributed by atoms with Crippen LogP contribution in [0.25, 0.3) is 0 Å². The molecule has 0 saturated carbocycles. The summed E-state index contributed by atoms with van der Waals surface area (Å²) in [5, 5.41) is 3.09. The molecule has 7 rings (SSSR count). The zero-order chi connectivity index (χ0) is 25.5. The molecule has 5 unspecified atom stereocenters. The van der Waals surface area contributed by atoms with Gasteiger partial charge in [-0.05, 0) is 48.6 Å². The summed E-state index contributed by atoms with van der Waals surface area (Å²) in [5.74, 6) is 0.413. The first-order valence-corrected chi connectivity index (χ1v) is 16.2. The van der Waals surface area contributed by atoms with Gasteiger partial charge in [0.1, 0.15) is 0 Å². The van der Waals surface area contributed by atoms with Crippen LogP contribution in [0.5, 0.6) is 0 Å². The molecule has 0 saturated heterocycles. The topological polar surface area (TPSA) is 18.8 Å². The Hall–Kier alpha value is -3.63. The minimum atomic E-state index is -2.34. The average molecular weight is 514 g/mol. The molecule has 0 N–H and O–H groups in total. The summed E-state index contributed by atoms with van der Waals surface area (Å²) in [7, 11) is -0.168. The SMILES string of the molecule is CN1C=NC([Si](C2=CCCC=C2)(c2ccccc2)C2C=CC3=C(C2)C2C=CC=CC2N3c2ccccc2)C1. The lowest BCUT2D eigenvalue weighted by Gasteiger charge is -2.44. The van der Waals surface area contributed by atoms with Crippen LogP contribution in [0.15, 0.2) is 137 Å². The van der Waals surface area contributed by atoms with E-state index >= 15 is 0 Å². The summed E-state index contributed by atoms with van der Waals surface area (Å²) in [5.41, 5.74) is 5.01. The Bertz CT molecular complexity index is 1410. The van der Waals surface area contributed by atoms with E-state index in [-0.39, 0.29) is 0 Å². The molecule has 0 aromatic heterocycles. The molecule has 38 heavy (non-hydrogen) atoms. The number of anilines is 1. The van der Waals surface area contributed by atoms with Crippen LogP contribution in [-0.2, 0) is 0 Å². The van der Waals surface area contributed by atoms with E-state index in [0.29, 0.717) is 23.2 Å². The lowest BCUT2D eigenvalue weighted by atomic mass is 9.86. The van der Waals surface area contributed by atoms with Gasteiger partial charge in [-0.1, -0.05) is 108 Å². The molecule has 5 aliphatic rings. The van der Waals surface area contributed by atoms with Gasteiger partial charge < -0.3 is 9.80 Å². The van der Waals surface area contributed by atoms with Gasteiger partial charge in [0.2, 0.25) is 0 Å². The number of para-hydroxylation sites is 1. The van der Waals surface area contributed by atoms with Crippen molar-refractivity contribution in [3.63, 3.8) is 0 Å². The first kappa shape index (κ1) is 23.5. The molecule has 3 nitrogen and oxygen atoms in total. The molecule has 0 bridgehead atoms. The summed E-state index contributed by atoms with van der Waals surface area (Å²) in [6, 6.07) is 22.7. The van der Waals surface area contributed by atoms with Crippen molar-refractivity contribution in [3.8, 4) is 0 Å². The number of hydrogen-bond donors (Lipinski definition) is 0. The summed E-state index contributed by atoms with van der Waals surface area (Å²) in [6.45, 7) is 0.993. The smallest absolute Gasteiger partial charge is 0.152 e. The lowest BCUT2D eigenvalue weighted by Crippen LogP contribution is -2.63. The van der Waals surface area contributed by atoms with Crippen molar-refractivity contribution >= 4 is 25.3 Å². The molecule has 4 heteroatoms. The molecule has 0 spiro atoms. The summed E-state index contributed by atoms with van der Waals surface area (Å²) >= 11 is 0. The van der Waals surface area contributed by atoms with Crippen molar-refractivity contribution in [2.75, 3.05) is 18.5 Å². The van der Waals surface area contributed by atoms with Crippen LogP contribution in [0.4, 0.5) is 5.69 Å². The molecule has 5 atom stereocenters. The van der Waals surface area contributed by atoms with Gasteiger partial charge >= 0.3 is 0 Å². The minimum Gasteiger partial charge on any atom is -0.364 e. The predicted molar refractivity (Wildman–Crippen MR) is 162 cm³/mol. The van der Waals surface area contributed by atoms with Crippen molar-refractivity contribution in [3.05, 3.63) is 132 Å². The maximum Gasteiger partial charge on any atom is 0.152 e. The number of fused-ring (bicyclic) bond motifs is 2. The van der Waals surface area contributed by atoms with Crippen molar-refractivity contribution < 1.29 is 0 Å². The van der Waals surface area contributed by atoms with Crippen LogP contribution in [0.1, 0.15) is 19.3 Å². The Morgan fingerprint density at radius 2 is 1.66 bits per heavy atom.